The first-order valence-corrected chi connectivity index (χ1v) is 6.18. The quantitative estimate of drug-likeness (QED) is 0.756. The average molecular weight is 251 g/mol. The fraction of sp³-hybridized carbons (Fsp3) is 0.583. The van der Waals surface area contributed by atoms with E-state index < -0.39 is 0 Å². The van der Waals surface area contributed by atoms with Crippen molar-refractivity contribution in [2.45, 2.75) is 38.8 Å². The highest BCUT2D eigenvalue weighted by molar-refractivity contribution is 5.88. The van der Waals surface area contributed by atoms with Gasteiger partial charge in [-0.3, -0.25) is 9.48 Å². The highest BCUT2D eigenvalue weighted by Gasteiger charge is 2.22. The number of carbonyl (C=O) groups is 2. The lowest BCUT2D eigenvalue weighted by Crippen LogP contribution is -2.26. The maximum absolute atomic E-state index is 11.5. The number of hydrogen-bond donors (Lipinski definition) is 1. The second-order valence-electron chi connectivity index (χ2n) is 4.30. The van der Waals surface area contributed by atoms with Crippen LogP contribution in [0.25, 0.3) is 0 Å². The van der Waals surface area contributed by atoms with Gasteiger partial charge in [-0.05, 0) is 19.8 Å². The molecule has 1 amide bonds. The summed E-state index contributed by atoms with van der Waals surface area (Å²) in [5, 5.41) is 6.92. The summed E-state index contributed by atoms with van der Waals surface area (Å²) in [6.07, 6.45) is 5.60. The first-order chi connectivity index (χ1) is 8.69. The third kappa shape index (κ3) is 3.58. The van der Waals surface area contributed by atoms with E-state index in [-0.39, 0.29) is 11.9 Å². The number of ether oxygens (including phenoxy) is 1. The Labute approximate surface area is 105 Å². The number of nitrogens with zero attached hydrogens (tertiary/aromatic N) is 2. The Morgan fingerprint density at radius 1 is 1.56 bits per heavy atom. The maximum Gasteiger partial charge on any atom is 0.341 e. The van der Waals surface area contributed by atoms with Gasteiger partial charge in [-0.15, -0.1) is 0 Å². The van der Waals surface area contributed by atoms with Crippen LogP contribution in [0.1, 0.15) is 36.5 Å². The van der Waals surface area contributed by atoms with Crippen LogP contribution in [-0.4, -0.2) is 34.3 Å². The van der Waals surface area contributed by atoms with Gasteiger partial charge in [0.15, 0.2) is 0 Å². The second-order valence-corrected chi connectivity index (χ2v) is 4.30. The van der Waals surface area contributed by atoms with Crippen molar-refractivity contribution in [3.63, 3.8) is 0 Å². The molecule has 2 rings (SSSR count). The topological polar surface area (TPSA) is 73.2 Å². The second kappa shape index (κ2) is 5.66. The molecule has 0 radical (unpaired) electrons. The van der Waals surface area contributed by atoms with Crippen LogP contribution in [0.2, 0.25) is 0 Å². The van der Waals surface area contributed by atoms with Crippen molar-refractivity contribution in [3.8, 4) is 0 Å². The van der Waals surface area contributed by atoms with Crippen molar-refractivity contribution in [1.82, 2.24) is 15.1 Å². The summed E-state index contributed by atoms with van der Waals surface area (Å²) in [7, 11) is 0. The van der Waals surface area contributed by atoms with Gasteiger partial charge < -0.3 is 10.1 Å². The first kappa shape index (κ1) is 12.6. The number of carbonyl (C=O) groups excluding carboxylic acids is 2. The van der Waals surface area contributed by atoms with Gasteiger partial charge in [-0.2, -0.15) is 5.10 Å². The van der Waals surface area contributed by atoms with E-state index in [0.29, 0.717) is 31.2 Å². The summed E-state index contributed by atoms with van der Waals surface area (Å²) in [4.78, 5) is 22.9. The van der Waals surface area contributed by atoms with E-state index >= 15 is 0 Å². The number of hydrogen-bond acceptors (Lipinski definition) is 4. The summed E-state index contributed by atoms with van der Waals surface area (Å²) >= 11 is 0. The normalized spacial score (nSPS) is 14.3. The number of aromatic nitrogens is 2. The molecule has 1 heterocycles. The van der Waals surface area contributed by atoms with Crippen molar-refractivity contribution in [2.24, 2.45) is 0 Å². The average Bonchev–Trinajstić information content (AvgIpc) is 3.02. The van der Waals surface area contributed by atoms with Gasteiger partial charge in [0.05, 0.1) is 18.4 Å². The predicted octanol–water partition coefficient (Wildman–Crippen LogP) is 0.728. The van der Waals surface area contributed by atoms with Gasteiger partial charge in [0.1, 0.15) is 0 Å². The molecule has 0 atom stereocenters. The molecule has 1 saturated carbocycles. The molecule has 1 aromatic heterocycles. The Morgan fingerprint density at radius 2 is 2.33 bits per heavy atom. The minimum absolute atomic E-state index is 0.0330. The van der Waals surface area contributed by atoms with Crippen molar-refractivity contribution < 1.29 is 14.3 Å². The molecule has 0 saturated heterocycles. The molecule has 6 heteroatoms. The van der Waals surface area contributed by atoms with Gasteiger partial charge in [-0.1, -0.05) is 0 Å². The van der Waals surface area contributed by atoms with Gasteiger partial charge in [0.25, 0.3) is 0 Å². The lowest BCUT2D eigenvalue weighted by molar-refractivity contribution is -0.121. The Balaban J connectivity index is 1.78. The Bertz CT molecular complexity index is 438. The van der Waals surface area contributed by atoms with Gasteiger partial charge in [-0.25, -0.2) is 4.79 Å². The number of aryl methyl sites for hydroxylation is 1. The minimum Gasteiger partial charge on any atom is -0.462 e. The van der Waals surface area contributed by atoms with Crippen molar-refractivity contribution in [3.05, 3.63) is 18.0 Å². The van der Waals surface area contributed by atoms with E-state index in [9.17, 15) is 9.59 Å². The molecule has 0 unspecified atom stereocenters. The highest BCUT2D eigenvalue weighted by Crippen LogP contribution is 2.18. The monoisotopic (exact) mass is 251 g/mol. The van der Waals surface area contributed by atoms with Crippen LogP contribution in [0, 0.1) is 0 Å². The number of nitrogens with one attached hydrogen (secondary N) is 1. The van der Waals surface area contributed by atoms with Crippen LogP contribution >= 0.6 is 0 Å². The van der Waals surface area contributed by atoms with E-state index in [0.717, 1.165) is 12.8 Å². The SMILES string of the molecule is CCOC(=O)c1cnn(CCC(=O)NC2CC2)c1. The zero-order chi connectivity index (χ0) is 13.0. The Kier molecular flexibility index (Phi) is 3.96. The molecule has 1 N–H and O–H groups in total. The molecule has 1 aliphatic carbocycles. The van der Waals surface area contributed by atoms with Crippen molar-refractivity contribution >= 4 is 11.9 Å². The Hall–Kier alpha value is -1.85. The van der Waals surface area contributed by atoms with E-state index in [1.54, 1.807) is 17.8 Å². The number of rotatable bonds is 6. The molecule has 18 heavy (non-hydrogen) atoms. The molecule has 0 aromatic carbocycles. The van der Waals surface area contributed by atoms with Crippen LogP contribution in [-0.2, 0) is 16.1 Å². The van der Waals surface area contributed by atoms with E-state index in [1.165, 1.54) is 6.20 Å². The van der Waals surface area contributed by atoms with Crippen LogP contribution in [0.3, 0.4) is 0 Å². The summed E-state index contributed by atoms with van der Waals surface area (Å²) in [6.45, 7) is 2.57. The molecule has 1 fully saturated rings. The smallest absolute Gasteiger partial charge is 0.341 e. The summed E-state index contributed by atoms with van der Waals surface area (Å²) in [5.41, 5.74) is 0.416. The van der Waals surface area contributed by atoms with Crippen LogP contribution in [0.15, 0.2) is 12.4 Å². The van der Waals surface area contributed by atoms with Crippen LogP contribution < -0.4 is 5.32 Å². The fourth-order valence-corrected chi connectivity index (χ4v) is 1.55. The first-order valence-electron chi connectivity index (χ1n) is 6.18. The van der Waals surface area contributed by atoms with Crippen LogP contribution in [0.5, 0.6) is 0 Å². The zero-order valence-corrected chi connectivity index (χ0v) is 10.4. The van der Waals surface area contributed by atoms with E-state index in [2.05, 4.69) is 10.4 Å². The molecule has 6 nitrogen and oxygen atoms in total. The fourth-order valence-electron chi connectivity index (χ4n) is 1.55. The molecule has 0 spiro atoms. The molecular formula is C12H17N3O3. The molecular weight excluding hydrogens is 234 g/mol. The molecule has 1 aliphatic rings. The highest BCUT2D eigenvalue weighted by atomic mass is 16.5. The summed E-state index contributed by atoms with van der Waals surface area (Å²) in [6, 6.07) is 0.380. The van der Waals surface area contributed by atoms with Gasteiger partial charge >= 0.3 is 5.97 Å². The van der Waals surface area contributed by atoms with Crippen molar-refractivity contribution in [2.75, 3.05) is 6.61 Å². The standard InChI is InChI=1S/C12H17N3O3/c1-2-18-12(17)9-7-13-15(8-9)6-5-11(16)14-10-3-4-10/h7-8,10H,2-6H2,1H3,(H,14,16). The number of esters is 1. The molecule has 98 valence electrons. The van der Waals surface area contributed by atoms with E-state index in [4.69, 9.17) is 4.74 Å². The number of amides is 1. The van der Waals surface area contributed by atoms with Gasteiger partial charge in [0, 0.05) is 25.2 Å². The maximum atomic E-state index is 11.5. The lowest BCUT2D eigenvalue weighted by atomic mass is 10.3. The molecule has 1 aromatic rings. The molecule has 0 aliphatic heterocycles. The summed E-state index contributed by atoms with van der Waals surface area (Å²) in [5.74, 6) is -0.350. The third-order valence-electron chi connectivity index (χ3n) is 2.65. The predicted molar refractivity (Wildman–Crippen MR) is 64.0 cm³/mol. The van der Waals surface area contributed by atoms with Crippen molar-refractivity contribution in [1.29, 1.82) is 0 Å². The largest absolute Gasteiger partial charge is 0.462 e. The van der Waals surface area contributed by atoms with E-state index in [1.807, 2.05) is 0 Å². The lowest BCUT2D eigenvalue weighted by Gasteiger charge is -2.03. The minimum atomic E-state index is -0.383. The Morgan fingerprint density at radius 3 is 3.00 bits per heavy atom. The summed E-state index contributed by atoms with van der Waals surface area (Å²) < 4.78 is 6.44. The van der Waals surface area contributed by atoms with Crippen LogP contribution in [0.4, 0.5) is 0 Å². The van der Waals surface area contributed by atoms with Gasteiger partial charge in [0.2, 0.25) is 5.91 Å². The molecule has 0 bridgehead atoms. The zero-order valence-electron chi connectivity index (χ0n) is 10.4. The third-order valence-corrected chi connectivity index (χ3v) is 2.65.